The number of nitrogens with zero attached hydrogens (tertiary/aromatic N) is 1. The third kappa shape index (κ3) is 1.87. The summed E-state index contributed by atoms with van der Waals surface area (Å²) in [6.07, 6.45) is 1.18. The van der Waals surface area contributed by atoms with Crippen molar-refractivity contribution in [3.63, 3.8) is 0 Å². The lowest BCUT2D eigenvalue weighted by molar-refractivity contribution is -0.551. The normalized spacial score (nSPS) is 26.2. The van der Waals surface area contributed by atoms with Gasteiger partial charge in [0.15, 0.2) is 0 Å². The predicted molar refractivity (Wildman–Crippen MR) is 54.3 cm³/mol. The van der Waals surface area contributed by atoms with Crippen LogP contribution in [0.15, 0.2) is 22.3 Å². The zero-order chi connectivity index (χ0) is 11.8. The smallest absolute Gasteiger partial charge is 0.335 e. The van der Waals surface area contributed by atoms with E-state index in [0.717, 1.165) is 6.08 Å². The number of carboxylic acid groups (broad SMARTS) is 1. The molecule has 1 rings (SSSR count). The van der Waals surface area contributed by atoms with Crippen LogP contribution in [0, 0.1) is 10.1 Å². The van der Waals surface area contributed by atoms with Gasteiger partial charge in [-0.1, -0.05) is 17.2 Å². The second kappa shape index (κ2) is 3.66. The average Bonchev–Trinajstić information content (AvgIpc) is 2.10. The molecule has 0 saturated carbocycles. The molecule has 82 valence electrons. The van der Waals surface area contributed by atoms with E-state index in [1.807, 2.05) is 0 Å². The first kappa shape index (κ1) is 11.7. The summed E-state index contributed by atoms with van der Waals surface area (Å²) in [7, 11) is 0. The first-order chi connectivity index (χ1) is 6.79. The predicted octanol–water partition coefficient (Wildman–Crippen LogP) is 1.95. The van der Waals surface area contributed by atoms with Crippen LogP contribution in [-0.2, 0) is 4.79 Å². The highest BCUT2D eigenvalue weighted by molar-refractivity contribution is 6.31. The molecule has 0 radical (unpaired) electrons. The maximum atomic E-state index is 10.8. The van der Waals surface area contributed by atoms with Crippen LogP contribution in [-0.4, -0.2) is 21.5 Å². The van der Waals surface area contributed by atoms with E-state index in [-0.39, 0.29) is 17.0 Å². The van der Waals surface area contributed by atoms with Crippen LogP contribution in [0.3, 0.4) is 0 Å². The minimum absolute atomic E-state index is 0.0248. The quantitative estimate of drug-likeness (QED) is 0.582. The molecule has 0 fully saturated rings. The largest absolute Gasteiger partial charge is 0.478 e. The van der Waals surface area contributed by atoms with Crippen LogP contribution in [0.2, 0.25) is 0 Å². The second-order valence-corrected chi connectivity index (χ2v) is 4.11. The fraction of sp³-hybridized carbons (Fsp3) is 0.444. The summed E-state index contributed by atoms with van der Waals surface area (Å²) in [5, 5.41) is 19.6. The van der Waals surface area contributed by atoms with E-state index < -0.39 is 16.4 Å². The second-order valence-electron chi connectivity index (χ2n) is 3.70. The Kier molecular flexibility index (Phi) is 2.86. The van der Waals surface area contributed by atoms with Gasteiger partial charge in [0.2, 0.25) is 0 Å². The Balaban J connectivity index is 3.21. The molecule has 15 heavy (non-hydrogen) atoms. The molecule has 0 spiro atoms. The van der Waals surface area contributed by atoms with Gasteiger partial charge in [-0.05, 0) is 13.0 Å². The molecule has 6 heteroatoms. The van der Waals surface area contributed by atoms with Crippen LogP contribution in [0.5, 0.6) is 0 Å². The number of aliphatic carboxylic acids is 1. The monoisotopic (exact) mass is 231 g/mol. The molecule has 0 aliphatic heterocycles. The summed E-state index contributed by atoms with van der Waals surface area (Å²) < 4.78 is 0. The number of hydrogen-bond donors (Lipinski definition) is 1. The standard InChI is InChI=1S/C9H10ClNO4/c1-5-4-9(2,11(14)15)7(10)3-6(5)8(12)13/h3H,4H2,1-2H3,(H,12,13). The Labute approximate surface area is 91.2 Å². The molecule has 1 aliphatic carbocycles. The molecule has 5 nitrogen and oxygen atoms in total. The van der Waals surface area contributed by atoms with Gasteiger partial charge in [-0.15, -0.1) is 0 Å². The molecule has 0 aromatic rings. The first-order valence-corrected chi connectivity index (χ1v) is 4.62. The molecule has 0 bridgehead atoms. The number of hydrogen-bond acceptors (Lipinski definition) is 3. The highest BCUT2D eigenvalue weighted by Crippen LogP contribution is 2.37. The Morgan fingerprint density at radius 2 is 2.27 bits per heavy atom. The van der Waals surface area contributed by atoms with E-state index in [2.05, 4.69) is 0 Å². The summed E-state index contributed by atoms with van der Waals surface area (Å²) in [5.41, 5.74) is -0.893. The summed E-state index contributed by atoms with van der Waals surface area (Å²) >= 11 is 5.74. The van der Waals surface area contributed by atoms with Gasteiger partial charge in [0.25, 0.3) is 5.54 Å². The van der Waals surface area contributed by atoms with Gasteiger partial charge in [-0.3, -0.25) is 10.1 Å². The van der Waals surface area contributed by atoms with Gasteiger partial charge in [-0.2, -0.15) is 0 Å². The van der Waals surface area contributed by atoms with Gasteiger partial charge >= 0.3 is 5.97 Å². The van der Waals surface area contributed by atoms with Gasteiger partial charge in [0.05, 0.1) is 10.6 Å². The molecular weight excluding hydrogens is 222 g/mol. The zero-order valence-electron chi connectivity index (χ0n) is 8.28. The molecule has 0 aromatic heterocycles. The molecule has 0 saturated heterocycles. The Morgan fingerprint density at radius 3 is 2.67 bits per heavy atom. The van der Waals surface area contributed by atoms with Gasteiger partial charge in [0.1, 0.15) is 0 Å². The van der Waals surface area contributed by atoms with Crippen molar-refractivity contribution < 1.29 is 14.8 Å². The fourth-order valence-electron chi connectivity index (χ4n) is 1.50. The molecule has 1 atom stereocenters. The first-order valence-electron chi connectivity index (χ1n) is 4.24. The number of rotatable bonds is 2. The van der Waals surface area contributed by atoms with Crippen molar-refractivity contribution >= 4 is 17.6 Å². The minimum Gasteiger partial charge on any atom is -0.478 e. The summed E-state index contributed by atoms with van der Waals surface area (Å²) in [4.78, 5) is 21.1. The van der Waals surface area contributed by atoms with E-state index in [0.29, 0.717) is 5.57 Å². The van der Waals surface area contributed by atoms with E-state index in [1.54, 1.807) is 6.92 Å². The summed E-state index contributed by atoms with van der Waals surface area (Å²) in [5.74, 6) is -1.11. The van der Waals surface area contributed by atoms with Crippen LogP contribution in [0.25, 0.3) is 0 Å². The lowest BCUT2D eigenvalue weighted by Gasteiger charge is -2.24. The average molecular weight is 232 g/mol. The van der Waals surface area contributed by atoms with E-state index >= 15 is 0 Å². The van der Waals surface area contributed by atoms with E-state index in [4.69, 9.17) is 16.7 Å². The summed E-state index contributed by atoms with van der Waals surface area (Å²) in [6.45, 7) is 2.94. The van der Waals surface area contributed by atoms with Gasteiger partial charge in [0, 0.05) is 18.3 Å². The number of carboxylic acids is 1. The third-order valence-electron chi connectivity index (χ3n) is 2.49. The number of halogens is 1. The Bertz CT molecular complexity index is 399. The third-order valence-corrected chi connectivity index (χ3v) is 3.00. The van der Waals surface area contributed by atoms with Gasteiger partial charge < -0.3 is 5.11 Å². The SMILES string of the molecule is CC1=C(C(=O)O)C=C(Cl)C(C)([N+](=O)[O-])C1. The van der Waals surface area contributed by atoms with Crippen molar-refractivity contribution in [1.29, 1.82) is 0 Å². The molecular formula is C9H10ClNO4. The van der Waals surface area contributed by atoms with Gasteiger partial charge in [-0.25, -0.2) is 4.79 Å². The Morgan fingerprint density at radius 1 is 1.73 bits per heavy atom. The highest BCUT2D eigenvalue weighted by Gasteiger charge is 2.44. The van der Waals surface area contributed by atoms with Crippen molar-refractivity contribution in [1.82, 2.24) is 0 Å². The van der Waals surface area contributed by atoms with Crippen LogP contribution in [0.1, 0.15) is 20.3 Å². The topological polar surface area (TPSA) is 80.4 Å². The molecule has 0 amide bonds. The summed E-state index contributed by atoms with van der Waals surface area (Å²) in [6, 6.07) is 0. The van der Waals surface area contributed by atoms with Crippen molar-refractivity contribution in [2.75, 3.05) is 0 Å². The Hall–Kier alpha value is -1.36. The molecule has 1 aliphatic rings. The number of carbonyl (C=O) groups is 1. The zero-order valence-corrected chi connectivity index (χ0v) is 9.04. The van der Waals surface area contributed by atoms with E-state index in [1.165, 1.54) is 6.92 Å². The minimum atomic E-state index is -1.40. The molecule has 0 aromatic carbocycles. The van der Waals surface area contributed by atoms with Crippen molar-refractivity contribution in [3.8, 4) is 0 Å². The molecule has 1 unspecified atom stereocenters. The van der Waals surface area contributed by atoms with Crippen LogP contribution in [0.4, 0.5) is 0 Å². The lowest BCUT2D eigenvalue weighted by atomic mass is 9.85. The van der Waals surface area contributed by atoms with Crippen molar-refractivity contribution in [2.45, 2.75) is 25.8 Å². The maximum Gasteiger partial charge on any atom is 0.335 e. The highest BCUT2D eigenvalue weighted by atomic mass is 35.5. The fourth-order valence-corrected chi connectivity index (χ4v) is 1.74. The van der Waals surface area contributed by atoms with E-state index in [9.17, 15) is 14.9 Å². The van der Waals surface area contributed by atoms with Crippen molar-refractivity contribution in [2.24, 2.45) is 0 Å². The molecule has 0 heterocycles. The van der Waals surface area contributed by atoms with Crippen LogP contribution >= 0.6 is 11.6 Å². The molecule has 1 N–H and O–H groups in total. The van der Waals surface area contributed by atoms with Crippen LogP contribution < -0.4 is 0 Å². The number of nitro groups is 1. The maximum absolute atomic E-state index is 10.8. The van der Waals surface area contributed by atoms with Crippen molar-refractivity contribution in [3.05, 3.63) is 32.4 Å². The lowest BCUT2D eigenvalue weighted by Crippen LogP contribution is -2.38.